The standard InChI is InChI=1S/C20H27NO5/c1-5-26-20(23)14(2)13-21(16-7-8-16)19(22)11-6-15-12-17(24-3)9-10-18(15)25-4/h6,9-12,14,16H,5,7-8,13H2,1-4H3/b11-6+. The van der Waals surface area contributed by atoms with E-state index >= 15 is 0 Å². The van der Waals surface area contributed by atoms with Crippen LogP contribution >= 0.6 is 0 Å². The van der Waals surface area contributed by atoms with Crippen LogP contribution in [0.4, 0.5) is 0 Å². The fraction of sp³-hybridized carbons (Fsp3) is 0.500. The zero-order chi connectivity index (χ0) is 19.1. The summed E-state index contributed by atoms with van der Waals surface area (Å²) >= 11 is 0. The van der Waals surface area contributed by atoms with E-state index in [0.29, 0.717) is 24.7 Å². The van der Waals surface area contributed by atoms with E-state index in [4.69, 9.17) is 14.2 Å². The van der Waals surface area contributed by atoms with Crippen molar-refractivity contribution in [1.29, 1.82) is 0 Å². The molecule has 0 N–H and O–H groups in total. The third-order valence-electron chi connectivity index (χ3n) is 4.27. The highest BCUT2D eigenvalue weighted by molar-refractivity contribution is 5.93. The van der Waals surface area contributed by atoms with Crippen LogP contribution in [0.15, 0.2) is 24.3 Å². The van der Waals surface area contributed by atoms with Crippen molar-refractivity contribution in [1.82, 2.24) is 4.90 Å². The molecule has 0 spiro atoms. The van der Waals surface area contributed by atoms with Gasteiger partial charge in [-0.1, -0.05) is 6.92 Å². The molecule has 6 nitrogen and oxygen atoms in total. The zero-order valence-corrected chi connectivity index (χ0v) is 15.9. The molecule has 1 atom stereocenters. The van der Waals surface area contributed by atoms with Gasteiger partial charge in [-0.2, -0.15) is 0 Å². The first-order chi connectivity index (χ1) is 12.5. The molecule has 2 rings (SSSR count). The fourth-order valence-electron chi connectivity index (χ4n) is 2.69. The number of rotatable bonds is 9. The van der Waals surface area contributed by atoms with Crippen molar-refractivity contribution in [2.75, 3.05) is 27.4 Å². The van der Waals surface area contributed by atoms with E-state index in [2.05, 4.69) is 0 Å². The maximum absolute atomic E-state index is 12.7. The fourth-order valence-corrected chi connectivity index (χ4v) is 2.69. The van der Waals surface area contributed by atoms with E-state index in [1.54, 1.807) is 51.2 Å². The van der Waals surface area contributed by atoms with E-state index in [1.165, 1.54) is 6.08 Å². The lowest BCUT2D eigenvalue weighted by molar-refractivity contribution is -0.148. The van der Waals surface area contributed by atoms with Gasteiger partial charge in [0, 0.05) is 24.2 Å². The Balaban J connectivity index is 2.10. The lowest BCUT2D eigenvalue weighted by atomic mass is 10.1. The largest absolute Gasteiger partial charge is 0.497 e. The van der Waals surface area contributed by atoms with E-state index < -0.39 is 0 Å². The van der Waals surface area contributed by atoms with Crippen molar-refractivity contribution in [3.05, 3.63) is 29.8 Å². The lowest BCUT2D eigenvalue weighted by Gasteiger charge is -2.24. The molecule has 1 fully saturated rings. The number of benzene rings is 1. The molecule has 0 heterocycles. The van der Waals surface area contributed by atoms with E-state index in [1.807, 2.05) is 6.07 Å². The predicted molar refractivity (Wildman–Crippen MR) is 99.1 cm³/mol. The van der Waals surface area contributed by atoms with Crippen LogP contribution in [0.25, 0.3) is 6.08 Å². The van der Waals surface area contributed by atoms with E-state index in [9.17, 15) is 9.59 Å². The highest BCUT2D eigenvalue weighted by atomic mass is 16.5. The van der Waals surface area contributed by atoms with Crippen LogP contribution in [-0.4, -0.2) is 50.2 Å². The van der Waals surface area contributed by atoms with Crippen LogP contribution in [0, 0.1) is 5.92 Å². The number of hydrogen-bond donors (Lipinski definition) is 0. The predicted octanol–water partition coefficient (Wildman–Crippen LogP) is 2.91. The molecule has 1 aromatic carbocycles. The molecule has 1 saturated carbocycles. The van der Waals surface area contributed by atoms with Crippen LogP contribution in [0.5, 0.6) is 11.5 Å². The molecule has 142 valence electrons. The summed E-state index contributed by atoms with van der Waals surface area (Å²) in [4.78, 5) is 26.3. The molecule has 26 heavy (non-hydrogen) atoms. The average Bonchev–Trinajstić information content (AvgIpc) is 3.48. The molecule has 1 aromatic rings. The second kappa shape index (κ2) is 9.27. The van der Waals surface area contributed by atoms with Gasteiger partial charge in [-0.3, -0.25) is 9.59 Å². The van der Waals surface area contributed by atoms with Crippen molar-refractivity contribution in [3.8, 4) is 11.5 Å². The number of esters is 1. The molecule has 0 radical (unpaired) electrons. The summed E-state index contributed by atoms with van der Waals surface area (Å²) in [6, 6.07) is 5.61. The molecule has 1 aliphatic carbocycles. The summed E-state index contributed by atoms with van der Waals surface area (Å²) in [5.74, 6) is 0.609. The summed E-state index contributed by atoms with van der Waals surface area (Å²) < 4.78 is 15.6. The van der Waals surface area contributed by atoms with Gasteiger partial charge in [0.1, 0.15) is 11.5 Å². The molecule has 1 unspecified atom stereocenters. The monoisotopic (exact) mass is 361 g/mol. The summed E-state index contributed by atoms with van der Waals surface area (Å²) in [7, 11) is 3.17. The third kappa shape index (κ3) is 5.25. The van der Waals surface area contributed by atoms with Gasteiger partial charge in [-0.15, -0.1) is 0 Å². The van der Waals surface area contributed by atoms with Gasteiger partial charge in [0.05, 0.1) is 26.7 Å². The van der Waals surface area contributed by atoms with Crippen molar-refractivity contribution >= 4 is 18.0 Å². The van der Waals surface area contributed by atoms with Crippen LogP contribution in [-0.2, 0) is 14.3 Å². The topological polar surface area (TPSA) is 65.1 Å². The second-order valence-electron chi connectivity index (χ2n) is 6.32. The Bertz CT molecular complexity index is 666. The van der Waals surface area contributed by atoms with Gasteiger partial charge >= 0.3 is 5.97 Å². The van der Waals surface area contributed by atoms with Gasteiger partial charge in [0.25, 0.3) is 0 Å². The van der Waals surface area contributed by atoms with Crippen LogP contribution in [0.3, 0.4) is 0 Å². The highest BCUT2D eigenvalue weighted by Crippen LogP contribution is 2.29. The van der Waals surface area contributed by atoms with Crippen molar-refractivity contribution in [2.45, 2.75) is 32.7 Å². The molecule has 0 bridgehead atoms. The Morgan fingerprint density at radius 3 is 2.58 bits per heavy atom. The number of amides is 1. The van der Waals surface area contributed by atoms with Gasteiger partial charge < -0.3 is 19.1 Å². The normalized spacial score (nSPS) is 14.8. The van der Waals surface area contributed by atoms with Crippen LogP contribution in [0.2, 0.25) is 0 Å². The third-order valence-corrected chi connectivity index (χ3v) is 4.27. The highest BCUT2D eigenvalue weighted by Gasteiger charge is 2.33. The van der Waals surface area contributed by atoms with Crippen LogP contribution in [0.1, 0.15) is 32.3 Å². The molecule has 6 heteroatoms. The first-order valence-electron chi connectivity index (χ1n) is 8.87. The maximum Gasteiger partial charge on any atom is 0.310 e. The number of methoxy groups -OCH3 is 2. The molecule has 0 aromatic heterocycles. The molecular weight excluding hydrogens is 334 g/mol. The molecule has 0 saturated heterocycles. The summed E-state index contributed by atoms with van der Waals surface area (Å²) in [6.07, 6.45) is 5.18. The molecule has 1 amide bonds. The number of hydrogen-bond acceptors (Lipinski definition) is 5. The van der Waals surface area contributed by atoms with Gasteiger partial charge in [0.15, 0.2) is 0 Å². The van der Waals surface area contributed by atoms with E-state index in [-0.39, 0.29) is 23.8 Å². The number of carbonyl (C=O) groups excluding carboxylic acids is 2. The van der Waals surface area contributed by atoms with Crippen molar-refractivity contribution in [2.24, 2.45) is 5.92 Å². The minimum atomic E-state index is -0.348. The smallest absolute Gasteiger partial charge is 0.310 e. The maximum atomic E-state index is 12.7. The number of carbonyl (C=O) groups is 2. The SMILES string of the molecule is CCOC(=O)C(C)CN(C(=O)/C=C/c1cc(OC)ccc1OC)C1CC1. The average molecular weight is 361 g/mol. The number of ether oxygens (including phenoxy) is 3. The van der Waals surface area contributed by atoms with Gasteiger partial charge in [-0.25, -0.2) is 0 Å². The van der Waals surface area contributed by atoms with Crippen molar-refractivity contribution in [3.63, 3.8) is 0 Å². The minimum Gasteiger partial charge on any atom is -0.497 e. The van der Waals surface area contributed by atoms with Gasteiger partial charge in [0.2, 0.25) is 5.91 Å². The summed E-state index contributed by atoms with van der Waals surface area (Å²) in [5.41, 5.74) is 0.759. The van der Waals surface area contributed by atoms with Crippen LogP contribution < -0.4 is 9.47 Å². The first kappa shape index (κ1) is 19.8. The zero-order valence-electron chi connectivity index (χ0n) is 15.9. The second-order valence-corrected chi connectivity index (χ2v) is 6.32. The number of nitrogens with zero attached hydrogens (tertiary/aromatic N) is 1. The minimum absolute atomic E-state index is 0.117. The lowest BCUT2D eigenvalue weighted by Crippen LogP contribution is -2.38. The Hall–Kier alpha value is -2.50. The van der Waals surface area contributed by atoms with Crippen molar-refractivity contribution < 1.29 is 23.8 Å². The first-order valence-corrected chi connectivity index (χ1v) is 8.87. The molecule has 0 aliphatic heterocycles. The summed E-state index contributed by atoms with van der Waals surface area (Å²) in [6.45, 7) is 4.27. The van der Waals surface area contributed by atoms with E-state index in [0.717, 1.165) is 18.4 Å². The molecule has 1 aliphatic rings. The van der Waals surface area contributed by atoms with Gasteiger partial charge in [-0.05, 0) is 44.0 Å². The summed E-state index contributed by atoms with van der Waals surface area (Å²) in [5, 5.41) is 0. The quantitative estimate of drug-likeness (QED) is 0.500. The Morgan fingerprint density at radius 1 is 1.27 bits per heavy atom. The molecular formula is C20H27NO5. The Kier molecular flexibility index (Phi) is 7.06. The Morgan fingerprint density at radius 2 is 2.00 bits per heavy atom. The Labute approximate surface area is 154 Å².